The van der Waals surface area contributed by atoms with E-state index in [1.807, 2.05) is 13.1 Å². The monoisotopic (exact) mass is 517 g/mol. The van der Waals surface area contributed by atoms with E-state index in [1.165, 1.54) is 32.7 Å². The molecule has 5 rings (SSSR count). The zero-order valence-corrected chi connectivity index (χ0v) is 22.2. The summed E-state index contributed by atoms with van der Waals surface area (Å²) in [7, 11) is 1.97. The molecule has 4 N–H and O–H groups in total. The summed E-state index contributed by atoms with van der Waals surface area (Å²) >= 11 is 0. The number of fused-ring (bicyclic) bond motifs is 2. The van der Waals surface area contributed by atoms with Crippen molar-refractivity contribution in [2.24, 2.45) is 0 Å². The van der Waals surface area contributed by atoms with Crippen LogP contribution in [0.15, 0.2) is 109 Å². The van der Waals surface area contributed by atoms with Crippen molar-refractivity contribution in [2.75, 3.05) is 20.1 Å². The molecule has 0 saturated carbocycles. The van der Waals surface area contributed by atoms with Gasteiger partial charge in [-0.2, -0.15) is 0 Å². The van der Waals surface area contributed by atoms with Gasteiger partial charge in [0.15, 0.2) is 0 Å². The van der Waals surface area contributed by atoms with Crippen molar-refractivity contribution >= 4 is 27.5 Å². The van der Waals surface area contributed by atoms with Crippen LogP contribution >= 0.6 is 0 Å². The minimum absolute atomic E-state index is 0.131. The number of carbonyl (C=O) groups excluding carboxylic acids is 1. The second kappa shape index (κ2) is 12.6. The molecule has 0 unspecified atom stereocenters. The fourth-order valence-electron chi connectivity index (χ4n) is 5.21. The number of amides is 1. The van der Waals surface area contributed by atoms with Crippen LogP contribution in [0.1, 0.15) is 21.5 Å². The van der Waals surface area contributed by atoms with Gasteiger partial charge in [-0.1, -0.05) is 84.9 Å². The Bertz CT molecular complexity index is 1540. The van der Waals surface area contributed by atoms with Gasteiger partial charge in [0, 0.05) is 30.7 Å². The lowest BCUT2D eigenvalue weighted by molar-refractivity contribution is 0.0935. The molecule has 0 radical (unpaired) electrons. The Morgan fingerprint density at radius 2 is 1.44 bits per heavy atom. The Morgan fingerprint density at radius 1 is 0.718 bits per heavy atom. The molecule has 0 saturated heterocycles. The maximum absolute atomic E-state index is 13.2. The Hall–Kier alpha value is -4.19. The molecule has 0 aromatic heterocycles. The SMILES string of the molecule is CNC[C@@H](Cc1ccc2ccccc2c1)NC[C@@H](Cc1cccc2ccccc12)NC(=O)c1ccc(O)cc1. The molecule has 0 aliphatic rings. The number of likely N-dealkylation sites (N-methyl/N-ethyl adjacent to an activating group) is 1. The molecule has 39 heavy (non-hydrogen) atoms. The highest BCUT2D eigenvalue weighted by atomic mass is 16.3. The van der Waals surface area contributed by atoms with Gasteiger partial charge >= 0.3 is 0 Å². The summed E-state index contributed by atoms with van der Waals surface area (Å²) in [5.74, 6) is -0.00847. The molecule has 5 heteroatoms. The van der Waals surface area contributed by atoms with Gasteiger partial charge in [0.05, 0.1) is 0 Å². The van der Waals surface area contributed by atoms with Crippen LogP contribution in [0, 0.1) is 0 Å². The van der Waals surface area contributed by atoms with Crippen molar-refractivity contribution in [3.63, 3.8) is 0 Å². The quantitative estimate of drug-likeness (QED) is 0.188. The zero-order chi connectivity index (χ0) is 27.0. The van der Waals surface area contributed by atoms with Crippen molar-refractivity contribution < 1.29 is 9.90 Å². The Kier molecular flexibility index (Phi) is 8.51. The fourth-order valence-corrected chi connectivity index (χ4v) is 5.21. The largest absolute Gasteiger partial charge is 0.508 e. The highest BCUT2D eigenvalue weighted by molar-refractivity contribution is 5.94. The van der Waals surface area contributed by atoms with Crippen LogP contribution in [0.2, 0.25) is 0 Å². The number of benzene rings is 5. The standard InChI is InChI=1S/C34H35N3O2/c1-35-22-30(20-24-13-14-25-7-2-3-9-28(25)19-24)36-23-31(37-34(39)27-15-17-32(38)18-16-27)21-29-11-6-10-26-8-4-5-12-33(26)29/h2-19,30-31,35-36,38H,20-23H2,1H3,(H,37,39)/t30-,31-/m1/s1. The lowest BCUT2D eigenvalue weighted by atomic mass is 9.97. The lowest BCUT2D eigenvalue weighted by Gasteiger charge is -2.25. The van der Waals surface area contributed by atoms with E-state index in [0.717, 1.165) is 13.0 Å². The highest BCUT2D eigenvalue weighted by Gasteiger charge is 2.18. The number of rotatable bonds is 11. The molecule has 1 amide bonds. The second-order valence-electron chi connectivity index (χ2n) is 10.1. The average Bonchev–Trinajstić information content (AvgIpc) is 2.96. The van der Waals surface area contributed by atoms with E-state index in [1.54, 1.807) is 24.3 Å². The van der Waals surface area contributed by atoms with E-state index in [2.05, 4.69) is 94.8 Å². The molecule has 198 valence electrons. The van der Waals surface area contributed by atoms with Crippen LogP contribution in [0.3, 0.4) is 0 Å². The molecule has 0 spiro atoms. The number of hydrogen-bond acceptors (Lipinski definition) is 4. The van der Waals surface area contributed by atoms with Crippen LogP contribution in [0.5, 0.6) is 5.75 Å². The fraction of sp³-hybridized carbons (Fsp3) is 0.206. The van der Waals surface area contributed by atoms with Crippen molar-refractivity contribution in [3.8, 4) is 5.75 Å². The molecule has 5 aromatic rings. The molecule has 0 heterocycles. The van der Waals surface area contributed by atoms with Gasteiger partial charge in [-0.3, -0.25) is 4.79 Å². The first-order valence-electron chi connectivity index (χ1n) is 13.5. The van der Waals surface area contributed by atoms with Crippen LogP contribution in [0.4, 0.5) is 0 Å². The lowest BCUT2D eigenvalue weighted by Crippen LogP contribution is -2.48. The van der Waals surface area contributed by atoms with Crippen LogP contribution in [-0.4, -0.2) is 43.2 Å². The first-order chi connectivity index (χ1) is 19.1. The summed E-state index contributed by atoms with van der Waals surface area (Å²) in [6.07, 6.45) is 1.57. The molecule has 0 aliphatic heterocycles. The summed E-state index contributed by atoms with van der Waals surface area (Å²) < 4.78 is 0. The second-order valence-corrected chi connectivity index (χ2v) is 10.1. The maximum atomic E-state index is 13.2. The number of phenolic OH excluding ortho intramolecular Hbond substituents is 1. The highest BCUT2D eigenvalue weighted by Crippen LogP contribution is 2.21. The topological polar surface area (TPSA) is 73.4 Å². The summed E-state index contributed by atoms with van der Waals surface area (Å²) in [5, 5.41) is 24.8. The van der Waals surface area contributed by atoms with E-state index >= 15 is 0 Å². The van der Waals surface area contributed by atoms with E-state index in [4.69, 9.17) is 0 Å². The van der Waals surface area contributed by atoms with E-state index in [-0.39, 0.29) is 23.7 Å². The summed E-state index contributed by atoms with van der Waals surface area (Å²) in [5.41, 5.74) is 3.00. The molecule has 2 atom stereocenters. The van der Waals surface area contributed by atoms with Crippen LogP contribution < -0.4 is 16.0 Å². The van der Waals surface area contributed by atoms with Crippen LogP contribution in [0.25, 0.3) is 21.5 Å². The van der Waals surface area contributed by atoms with Gasteiger partial charge in [-0.15, -0.1) is 0 Å². The Balaban J connectivity index is 1.34. The van der Waals surface area contributed by atoms with Crippen LogP contribution in [-0.2, 0) is 12.8 Å². The third-order valence-corrected chi connectivity index (χ3v) is 7.21. The molecule has 0 fully saturated rings. The molecular formula is C34H35N3O2. The normalized spacial score (nSPS) is 12.8. The average molecular weight is 518 g/mol. The first kappa shape index (κ1) is 26.4. The molecule has 0 aliphatic carbocycles. The van der Waals surface area contributed by atoms with E-state index < -0.39 is 0 Å². The molecule has 0 bridgehead atoms. The predicted molar refractivity (Wildman–Crippen MR) is 160 cm³/mol. The number of nitrogens with one attached hydrogen (secondary N) is 3. The predicted octanol–water partition coefficient (Wildman–Crippen LogP) is 5.46. The van der Waals surface area contributed by atoms with Crippen molar-refractivity contribution in [3.05, 3.63) is 126 Å². The molecular weight excluding hydrogens is 482 g/mol. The number of aromatic hydroxyl groups is 1. The van der Waals surface area contributed by atoms with Gasteiger partial charge in [-0.25, -0.2) is 0 Å². The third-order valence-electron chi connectivity index (χ3n) is 7.21. The number of hydrogen-bond donors (Lipinski definition) is 4. The van der Waals surface area contributed by atoms with Gasteiger partial charge in [0.2, 0.25) is 0 Å². The van der Waals surface area contributed by atoms with Crippen molar-refractivity contribution in [1.29, 1.82) is 0 Å². The first-order valence-corrected chi connectivity index (χ1v) is 13.5. The van der Waals surface area contributed by atoms with Gasteiger partial charge in [-0.05, 0) is 76.8 Å². The Labute approximate surface area is 229 Å². The van der Waals surface area contributed by atoms with Gasteiger partial charge in [0.25, 0.3) is 5.91 Å². The van der Waals surface area contributed by atoms with Gasteiger partial charge < -0.3 is 21.1 Å². The summed E-state index contributed by atoms with van der Waals surface area (Å²) in [6, 6.07) is 36.2. The van der Waals surface area contributed by atoms with Crippen molar-refractivity contribution in [2.45, 2.75) is 24.9 Å². The minimum atomic E-state index is -0.151. The summed E-state index contributed by atoms with van der Waals surface area (Å²) in [6.45, 7) is 1.42. The van der Waals surface area contributed by atoms with Gasteiger partial charge in [0.1, 0.15) is 5.75 Å². The minimum Gasteiger partial charge on any atom is -0.508 e. The van der Waals surface area contributed by atoms with Crippen molar-refractivity contribution in [1.82, 2.24) is 16.0 Å². The third kappa shape index (κ3) is 6.82. The maximum Gasteiger partial charge on any atom is 0.251 e. The number of carbonyl (C=O) groups is 1. The van der Waals surface area contributed by atoms with E-state index in [0.29, 0.717) is 18.5 Å². The Morgan fingerprint density at radius 3 is 2.23 bits per heavy atom. The van der Waals surface area contributed by atoms with E-state index in [9.17, 15) is 9.90 Å². The zero-order valence-electron chi connectivity index (χ0n) is 22.2. The summed E-state index contributed by atoms with van der Waals surface area (Å²) in [4.78, 5) is 13.2. The molecule has 5 nitrogen and oxygen atoms in total. The smallest absolute Gasteiger partial charge is 0.251 e. The number of phenols is 1. The molecule has 5 aromatic carbocycles.